The lowest BCUT2D eigenvalue weighted by Gasteiger charge is -2.14. The van der Waals surface area contributed by atoms with E-state index in [1.807, 2.05) is 20.8 Å². The minimum Gasteiger partial charge on any atom is -0.481 e. The third-order valence-corrected chi connectivity index (χ3v) is 4.24. The van der Waals surface area contributed by atoms with Gasteiger partial charge in [0.25, 0.3) is 0 Å². The van der Waals surface area contributed by atoms with Crippen molar-refractivity contribution >= 4 is 11.9 Å². The summed E-state index contributed by atoms with van der Waals surface area (Å²) in [5.74, 6) is -0.885. The van der Waals surface area contributed by atoms with Crippen LogP contribution in [0.4, 0.5) is 0 Å². The zero-order valence-corrected chi connectivity index (χ0v) is 12.3. The van der Waals surface area contributed by atoms with Gasteiger partial charge < -0.3 is 9.84 Å². The lowest BCUT2D eigenvalue weighted by atomic mass is 9.99. The van der Waals surface area contributed by atoms with Crippen LogP contribution < -0.4 is 0 Å². The van der Waals surface area contributed by atoms with Crippen LogP contribution >= 0.6 is 0 Å². The first-order valence-corrected chi connectivity index (χ1v) is 6.75. The molecule has 1 N–H and O–H groups in total. The summed E-state index contributed by atoms with van der Waals surface area (Å²) in [5.41, 5.74) is -0.270. The highest BCUT2D eigenvalue weighted by Crippen LogP contribution is 2.58. The number of hydrogen-bond acceptors (Lipinski definition) is 3. The van der Waals surface area contributed by atoms with Gasteiger partial charge in [-0.1, -0.05) is 40.7 Å². The van der Waals surface area contributed by atoms with E-state index in [0.717, 1.165) is 0 Å². The van der Waals surface area contributed by atoms with Gasteiger partial charge in [0, 0.05) is 6.08 Å². The van der Waals surface area contributed by atoms with E-state index in [-0.39, 0.29) is 17.3 Å². The first kappa shape index (κ1) is 15.7. The number of carboxylic acid groups (broad SMARTS) is 1. The summed E-state index contributed by atoms with van der Waals surface area (Å²) in [5, 5.41) is 9.01. The molecule has 0 amide bonds. The molecule has 0 aromatic heterocycles. The van der Waals surface area contributed by atoms with E-state index in [4.69, 9.17) is 9.84 Å². The van der Waals surface area contributed by atoms with Crippen molar-refractivity contribution in [2.45, 2.75) is 34.6 Å². The molecule has 0 aliphatic heterocycles. The highest BCUT2D eigenvalue weighted by molar-refractivity contribution is 5.83. The summed E-state index contributed by atoms with van der Waals surface area (Å²) >= 11 is 0. The van der Waals surface area contributed by atoms with Crippen LogP contribution in [0.1, 0.15) is 34.6 Å². The van der Waals surface area contributed by atoms with Gasteiger partial charge in [-0.05, 0) is 23.2 Å². The van der Waals surface area contributed by atoms with E-state index in [0.29, 0.717) is 18.4 Å². The normalized spacial score (nSPS) is 26.4. The Labute approximate surface area is 114 Å². The summed E-state index contributed by atoms with van der Waals surface area (Å²) in [4.78, 5) is 22.5. The second kappa shape index (κ2) is 5.76. The number of carbonyl (C=O) groups excluding carboxylic acids is 1. The van der Waals surface area contributed by atoms with Crippen LogP contribution in [0.3, 0.4) is 0 Å². The number of carbonyl (C=O) groups is 2. The Morgan fingerprint density at radius 2 is 1.89 bits per heavy atom. The Bertz CT molecular complexity index is 382. The maximum atomic E-state index is 11.5. The monoisotopic (exact) mass is 268 g/mol. The zero-order chi connectivity index (χ0) is 14.8. The molecule has 0 spiro atoms. The average molecular weight is 268 g/mol. The number of allylic oxidation sites excluding steroid dienone is 1. The highest BCUT2D eigenvalue weighted by atomic mass is 16.5. The molecular formula is C15H24O4. The predicted octanol–water partition coefficient (Wildman–Crippen LogP) is 2.73. The average Bonchev–Trinajstić information content (AvgIpc) is 2.85. The standard InChI is InChI=1S/C15H24O4/c1-9(2)10(3)8-19-12(16)7-6-11-13(14(17)18)15(11,4)5/h6-7,9-11,13H,8H2,1-5H3,(H,17,18)/b7-6-. The van der Waals surface area contributed by atoms with Crippen LogP contribution in [0, 0.1) is 29.1 Å². The van der Waals surface area contributed by atoms with Crippen molar-refractivity contribution in [1.82, 2.24) is 0 Å². The largest absolute Gasteiger partial charge is 0.481 e. The molecule has 0 radical (unpaired) electrons. The van der Waals surface area contributed by atoms with Crippen molar-refractivity contribution in [2.24, 2.45) is 29.1 Å². The molecule has 19 heavy (non-hydrogen) atoms. The minimum absolute atomic E-state index is 0.0833. The molecule has 0 bridgehead atoms. The third-order valence-electron chi connectivity index (χ3n) is 4.24. The molecule has 1 fully saturated rings. The van der Waals surface area contributed by atoms with Crippen molar-refractivity contribution in [3.8, 4) is 0 Å². The molecule has 0 aromatic carbocycles. The molecule has 4 heteroatoms. The molecule has 3 unspecified atom stereocenters. The first-order chi connectivity index (χ1) is 8.67. The smallest absolute Gasteiger partial charge is 0.330 e. The van der Waals surface area contributed by atoms with Crippen LogP contribution in [0.5, 0.6) is 0 Å². The fraction of sp³-hybridized carbons (Fsp3) is 0.733. The number of ether oxygens (including phenoxy) is 1. The van der Waals surface area contributed by atoms with E-state index in [2.05, 4.69) is 13.8 Å². The van der Waals surface area contributed by atoms with Gasteiger partial charge in [-0.25, -0.2) is 4.79 Å². The number of aliphatic carboxylic acids is 1. The lowest BCUT2D eigenvalue weighted by molar-refractivity contribution is -0.140. The first-order valence-electron chi connectivity index (χ1n) is 6.75. The minimum atomic E-state index is -0.804. The maximum Gasteiger partial charge on any atom is 0.330 e. The van der Waals surface area contributed by atoms with Crippen LogP contribution in [0.15, 0.2) is 12.2 Å². The number of hydrogen-bond donors (Lipinski definition) is 1. The van der Waals surface area contributed by atoms with Gasteiger partial charge >= 0.3 is 11.9 Å². The maximum absolute atomic E-state index is 11.5. The Hall–Kier alpha value is -1.32. The van der Waals surface area contributed by atoms with Crippen molar-refractivity contribution in [2.75, 3.05) is 6.61 Å². The van der Waals surface area contributed by atoms with Gasteiger partial charge in [0.2, 0.25) is 0 Å². The number of esters is 1. The molecule has 1 aliphatic carbocycles. The molecule has 0 aromatic rings. The predicted molar refractivity (Wildman–Crippen MR) is 72.5 cm³/mol. The SMILES string of the molecule is CC(C)C(C)COC(=O)/C=C\C1C(C(=O)O)C1(C)C. The summed E-state index contributed by atoms with van der Waals surface area (Å²) in [7, 11) is 0. The molecule has 1 rings (SSSR count). The Morgan fingerprint density at radius 3 is 2.32 bits per heavy atom. The van der Waals surface area contributed by atoms with Gasteiger partial charge in [0.1, 0.15) is 0 Å². The van der Waals surface area contributed by atoms with Crippen LogP contribution in [-0.4, -0.2) is 23.7 Å². The van der Waals surface area contributed by atoms with Crippen LogP contribution in [0.2, 0.25) is 0 Å². The second-order valence-electron chi connectivity index (χ2n) is 6.37. The molecule has 1 aliphatic rings. The summed E-state index contributed by atoms with van der Waals surface area (Å²) < 4.78 is 5.13. The molecular weight excluding hydrogens is 244 g/mol. The molecule has 0 saturated heterocycles. The van der Waals surface area contributed by atoms with E-state index in [1.54, 1.807) is 6.08 Å². The number of rotatable bonds is 6. The quantitative estimate of drug-likeness (QED) is 0.594. The van der Waals surface area contributed by atoms with Crippen molar-refractivity contribution in [1.29, 1.82) is 0 Å². The van der Waals surface area contributed by atoms with Gasteiger partial charge in [-0.3, -0.25) is 4.79 Å². The topological polar surface area (TPSA) is 63.6 Å². The van der Waals surface area contributed by atoms with Crippen molar-refractivity contribution in [3.63, 3.8) is 0 Å². The molecule has 1 saturated carbocycles. The van der Waals surface area contributed by atoms with E-state index >= 15 is 0 Å². The molecule has 3 atom stereocenters. The summed E-state index contributed by atoms with van der Waals surface area (Å²) in [6, 6.07) is 0. The van der Waals surface area contributed by atoms with E-state index in [1.165, 1.54) is 6.08 Å². The highest BCUT2D eigenvalue weighted by Gasteiger charge is 2.60. The van der Waals surface area contributed by atoms with E-state index in [9.17, 15) is 9.59 Å². The van der Waals surface area contributed by atoms with Gasteiger partial charge in [-0.2, -0.15) is 0 Å². The molecule has 108 valence electrons. The fourth-order valence-electron chi connectivity index (χ4n) is 2.14. The second-order valence-corrected chi connectivity index (χ2v) is 6.37. The van der Waals surface area contributed by atoms with Gasteiger partial charge in [0.05, 0.1) is 12.5 Å². The zero-order valence-electron chi connectivity index (χ0n) is 12.3. The molecule has 0 heterocycles. The van der Waals surface area contributed by atoms with Gasteiger partial charge in [0.15, 0.2) is 0 Å². The van der Waals surface area contributed by atoms with Crippen LogP contribution in [0.25, 0.3) is 0 Å². The van der Waals surface area contributed by atoms with Gasteiger partial charge in [-0.15, -0.1) is 0 Å². The Morgan fingerprint density at radius 1 is 1.32 bits per heavy atom. The van der Waals surface area contributed by atoms with Crippen molar-refractivity contribution < 1.29 is 19.4 Å². The van der Waals surface area contributed by atoms with Crippen molar-refractivity contribution in [3.05, 3.63) is 12.2 Å². The molecule has 4 nitrogen and oxygen atoms in total. The summed E-state index contributed by atoms with van der Waals surface area (Å²) in [6.07, 6.45) is 3.03. The lowest BCUT2D eigenvalue weighted by Crippen LogP contribution is -2.14. The third kappa shape index (κ3) is 3.82. The summed E-state index contributed by atoms with van der Waals surface area (Å²) in [6.45, 7) is 10.4. The fourth-order valence-corrected chi connectivity index (χ4v) is 2.14. The Kier molecular flexibility index (Phi) is 4.77. The van der Waals surface area contributed by atoms with E-state index < -0.39 is 11.9 Å². The number of carboxylic acids is 1. The Balaban J connectivity index is 2.42. The van der Waals surface area contributed by atoms with Crippen LogP contribution in [-0.2, 0) is 14.3 Å².